The molecule has 27 heavy (non-hydrogen) atoms. The van der Waals surface area contributed by atoms with Crippen LogP contribution in [0, 0.1) is 10.1 Å². The van der Waals surface area contributed by atoms with Crippen molar-refractivity contribution in [2.45, 2.75) is 6.04 Å². The zero-order valence-electron chi connectivity index (χ0n) is 14.7. The van der Waals surface area contributed by atoms with Crippen molar-refractivity contribution < 1.29 is 4.92 Å². The molecule has 0 radical (unpaired) electrons. The van der Waals surface area contributed by atoms with Gasteiger partial charge in [0, 0.05) is 11.1 Å². The van der Waals surface area contributed by atoms with E-state index in [0.29, 0.717) is 0 Å². The molecule has 0 aromatic heterocycles. The first-order valence-electron chi connectivity index (χ1n) is 8.81. The first-order chi connectivity index (χ1) is 13.2. The number of nitro groups is 1. The monoisotopic (exact) mass is 354 g/mol. The molecule has 0 spiro atoms. The Labute approximate surface area is 156 Å². The summed E-state index contributed by atoms with van der Waals surface area (Å²) in [5.74, 6) is 0. The highest BCUT2D eigenvalue weighted by Gasteiger charge is 2.16. The van der Waals surface area contributed by atoms with Gasteiger partial charge in [-0.15, -0.1) is 0 Å². The van der Waals surface area contributed by atoms with Gasteiger partial charge in [-0.3, -0.25) is 15.1 Å². The summed E-state index contributed by atoms with van der Waals surface area (Å²) in [5, 5.41) is 15.6. The summed E-state index contributed by atoms with van der Waals surface area (Å²) in [6, 6.07) is 27.5. The van der Waals surface area contributed by atoms with Gasteiger partial charge in [0.05, 0.1) is 0 Å². The molecule has 0 aliphatic heterocycles. The van der Waals surface area contributed by atoms with Crippen LogP contribution in [0.4, 0.5) is 0 Å². The van der Waals surface area contributed by atoms with E-state index < -0.39 is 6.04 Å². The second kappa shape index (κ2) is 7.38. The first kappa shape index (κ1) is 16.9. The van der Waals surface area contributed by atoms with Crippen molar-refractivity contribution in [3.63, 3.8) is 0 Å². The highest BCUT2D eigenvalue weighted by molar-refractivity contribution is 5.90. The summed E-state index contributed by atoms with van der Waals surface area (Å²) in [6.45, 7) is -0.234. The van der Waals surface area contributed by atoms with Crippen LogP contribution in [-0.2, 0) is 0 Å². The third-order valence-electron chi connectivity index (χ3n) is 4.66. The van der Waals surface area contributed by atoms with Crippen LogP contribution >= 0.6 is 0 Å². The molecule has 132 valence electrons. The first-order valence-corrected chi connectivity index (χ1v) is 8.81. The molecule has 1 unspecified atom stereocenters. The number of hydrogen-bond donors (Lipinski definition) is 0. The number of rotatable bonds is 5. The van der Waals surface area contributed by atoms with Gasteiger partial charge in [0.2, 0.25) is 6.54 Å². The summed E-state index contributed by atoms with van der Waals surface area (Å²) in [4.78, 5) is 15.4. The van der Waals surface area contributed by atoms with Crippen molar-refractivity contribution in [1.29, 1.82) is 0 Å². The highest BCUT2D eigenvalue weighted by Crippen LogP contribution is 2.23. The van der Waals surface area contributed by atoms with E-state index >= 15 is 0 Å². The molecule has 1 atom stereocenters. The van der Waals surface area contributed by atoms with Gasteiger partial charge in [-0.25, -0.2) is 0 Å². The van der Waals surface area contributed by atoms with Crippen LogP contribution < -0.4 is 0 Å². The van der Waals surface area contributed by atoms with Crippen molar-refractivity contribution in [2.75, 3.05) is 6.54 Å². The smallest absolute Gasteiger partial charge is 0.230 e. The fourth-order valence-electron chi connectivity index (χ4n) is 3.26. The maximum atomic E-state index is 11.2. The number of aliphatic imine (C=N–C) groups is 1. The maximum absolute atomic E-state index is 11.2. The molecule has 0 heterocycles. The van der Waals surface area contributed by atoms with Crippen molar-refractivity contribution >= 4 is 27.8 Å². The van der Waals surface area contributed by atoms with Gasteiger partial charge < -0.3 is 0 Å². The van der Waals surface area contributed by atoms with Crippen LogP contribution in [0.25, 0.3) is 21.5 Å². The Morgan fingerprint density at radius 3 is 2.07 bits per heavy atom. The van der Waals surface area contributed by atoms with Crippen molar-refractivity contribution in [3.05, 3.63) is 106 Å². The van der Waals surface area contributed by atoms with E-state index in [1.54, 1.807) is 6.21 Å². The van der Waals surface area contributed by atoms with Crippen LogP contribution in [0.5, 0.6) is 0 Å². The number of fused-ring (bicyclic) bond motifs is 2. The van der Waals surface area contributed by atoms with Crippen LogP contribution in [0.1, 0.15) is 17.2 Å². The fraction of sp³-hybridized carbons (Fsp3) is 0.0870. The lowest BCUT2D eigenvalue weighted by Gasteiger charge is -2.10. The number of benzene rings is 4. The standard InChI is InChI=1S/C23H18N2O2/c26-25(27)16-23(22-12-11-19-6-2-4-8-21(19)14-22)24-15-17-9-10-18-5-1-3-7-20(18)13-17/h1-15,23H,16H2. The Kier molecular flexibility index (Phi) is 4.62. The average molecular weight is 354 g/mol. The molecule has 4 rings (SSSR count). The van der Waals surface area contributed by atoms with Gasteiger partial charge >= 0.3 is 0 Å². The minimum absolute atomic E-state index is 0.234. The summed E-state index contributed by atoms with van der Waals surface area (Å²) in [7, 11) is 0. The lowest BCUT2D eigenvalue weighted by molar-refractivity contribution is -0.483. The number of hydrogen-bond acceptors (Lipinski definition) is 3. The lowest BCUT2D eigenvalue weighted by Crippen LogP contribution is -2.11. The predicted octanol–water partition coefficient (Wildman–Crippen LogP) is 5.43. The van der Waals surface area contributed by atoms with Crippen molar-refractivity contribution in [1.82, 2.24) is 0 Å². The molecule has 4 aromatic rings. The molecule has 0 aliphatic carbocycles. The summed E-state index contributed by atoms with van der Waals surface area (Å²) in [5.41, 5.74) is 1.78. The van der Waals surface area contributed by atoms with Crippen molar-refractivity contribution in [3.8, 4) is 0 Å². The third-order valence-corrected chi connectivity index (χ3v) is 4.66. The molecular formula is C23H18N2O2. The largest absolute Gasteiger partial charge is 0.278 e. The lowest BCUT2D eigenvalue weighted by atomic mass is 10.0. The van der Waals surface area contributed by atoms with E-state index in [4.69, 9.17) is 0 Å². The molecule has 0 amide bonds. The van der Waals surface area contributed by atoms with Crippen molar-refractivity contribution in [2.24, 2.45) is 4.99 Å². The fourth-order valence-corrected chi connectivity index (χ4v) is 3.26. The minimum Gasteiger partial charge on any atom is -0.278 e. The Morgan fingerprint density at radius 2 is 1.41 bits per heavy atom. The van der Waals surface area contributed by atoms with E-state index in [1.807, 2.05) is 78.9 Å². The van der Waals surface area contributed by atoms with E-state index in [2.05, 4.69) is 11.1 Å². The summed E-state index contributed by atoms with van der Waals surface area (Å²) >= 11 is 0. The van der Waals surface area contributed by atoms with Crippen LogP contribution in [0.2, 0.25) is 0 Å². The molecule has 0 saturated heterocycles. The summed E-state index contributed by atoms with van der Waals surface area (Å²) < 4.78 is 0. The van der Waals surface area contributed by atoms with Gasteiger partial charge in [0.15, 0.2) is 0 Å². The minimum atomic E-state index is -0.518. The second-order valence-corrected chi connectivity index (χ2v) is 6.52. The Bertz CT molecular complexity index is 1150. The molecule has 0 fully saturated rings. The quantitative estimate of drug-likeness (QED) is 0.273. The number of nitrogens with zero attached hydrogens (tertiary/aromatic N) is 2. The average Bonchev–Trinajstić information content (AvgIpc) is 2.70. The molecule has 0 N–H and O–H groups in total. The molecule has 4 heteroatoms. The molecule has 0 aliphatic rings. The van der Waals surface area contributed by atoms with E-state index in [-0.39, 0.29) is 11.5 Å². The SMILES string of the molecule is O=[N+]([O-])CC(N=Cc1ccc2ccccc2c1)c1ccc2ccccc2c1. The van der Waals surface area contributed by atoms with Gasteiger partial charge in [0.25, 0.3) is 0 Å². The molecular weight excluding hydrogens is 336 g/mol. The molecule has 4 aromatic carbocycles. The highest BCUT2D eigenvalue weighted by atomic mass is 16.6. The maximum Gasteiger partial charge on any atom is 0.230 e. The molecule has 0 saturated carbocycles. The predicted molar refractivity (Wildman–Crippen MR) is 110 cm³/mol. The Hall–Kier alpha value is -3.53. The Balaban J connectivity index is 1.67. The van der Waals surface area contributed by atoms with Crippen LogP contribution in [0.15, 0.2) is 89.9 Å². The van der Waals surface area contributed by atoms with Gasteiger partial charge in [-0.2, -0.15) is 0 Å². The van der Waals surface area contributed by atoms with Crippen LogP contribution in [-0.4, -0.2) is 17.7 Å². The summed E-state index contributed by atoms with van der Waals surface area (Å²) in [6.07, 6.45) is 1.73. The van der Waals surface area contributed by atoms with E-state index in [0.717, 1.165) is 32.7 Å². The normalized spacial score (nSPS) is 12.6. The van der Waals surface area contributed by atoms with Gasteiger partial charge in [-0.05, 0) is 44.8 Å². The van der Waals surface area contributed by atoms with Gasteiger partial charge in [-0.1, -0.05) is 72.8 Å². The van der Waals surface area contributed by atoms with E-state index in [9.17, 15) is 10.1 Å². The van der Waals surface area contributed by atoms with Gasteiger partial charge in [0.1, 0.15) is 6.04 Å². The van der Waals surface area contributed by atoms with E-state index in [1.165, 1.54) is 0 Å². The Morgan fingerprint density at radius 1 is 0.815 bits per heavy atom. The third kappa shape index (κ3) is 3.85. The zero-order chi connectivity index (χ0) is 18.6. The zero-order valence-corrected chi connectivity index (χ0v) is 14.7. The van der Waals surface area contributed by atoms with Crippen LogP contribution in [0.3, 0.4) is 0 Å². The topological polar surface area (TPSA) is 55.5 Å². The molecule has 0 bridgehead atoms. The second-order valence-electron chi connectivity index (χ2n) is 6.52. The molecule has 4 nitrogen and oxygen atoms in total.